The van der Waals surface area contributed by atoms with Crippen molar-refractivity contribution in [1.29, 1.82) is 5.41 Å². The molecule has 0 saturated heterocycles. The molecular formula is C9H15MgN3O7+2. The predicted octanol–water partition coefficient (Wildman–Crippen LogP) is -1.98. The van der Waals surface area contributed by atoms with E-state index in [9.17, 15) is 19.2 Å². The standard InChI is InChI=1S/C5H6O5.C4H9N3O2.Mg/c6-3(5(9)10)1-2-4(7)8;1-7(4(5)6)2-3(8)9;/h1-2H2,(H,7,8)(H,9,10);2H2,1H3,(H3,5,6)(H,8,9);/q;;+2. The number of aliphatic carboxylic acids is 3. The van der Waals surface area contributed by atoms with Gasteiger partial charge in [0.1, 0.15) is 6.54 Å². The summed E-state index contributed by atoms with van der Waals surface area (Å²) in [6, 6.07) is 0. The molecule has 10 nitrogen and oxygen atoms in total. The summed E-state index contributed by atoms with van der Waals surface area (Å²) in [6.07, 6.45) is -0.865. The van der Waals surface area contributed by atoms with Crippen molar-refractivity contribution in [1.82, 2.24) is 4.90 Å². The van der Waals surface area contributed by atoms with Crippen LogP contribution in [0.2, 0.25) is 0 Å². The number of nitrogens with zero attached hydrogens (tertiary/aromatic N) is 1. The second-order valence-electron chi connectivity index (χ2n) is 3.26. The van der Waals surface area contributed by atoms with Crippen LogP contribution in [0.15, 0.2) is 0 Å². The number of nitrogens with two attached hydrogens (primary N) is 1. The van der Waals surface area contributed by atoms with E-state index in [1.807, 2.05) is 0 Å². The molecule has 0 saturated carbocycles. The smallest absolute Gasteiger partial charge is 0.481 e. The van der Waals surface area contributed by atoms with Crippen molar-refractivity contribution >= 4 is 52.7 Å². The minimum Gasteiger partial charge on any atom is -0.481 e. The Labute approximate surface area is 130 Å². The predicted molar refractivity (Wildman–Crippen MR) is 67.4 cm³/mol. The average molecular weight is 302 g/mol. The Bertz CT molecular complexity index is 386. The molecule has 0 aromatic rings. The van der Waals surface area contributed by atoms with E-state index >= 15 is 0 Å². The maximum atomic E-state index is 10.2. The van der Waals surface area contributed by atoms with Crippen molar-refractivity contribution in [2.75, 3.05) is 13.6 Å². The van der Waals surface area contributed by atoms with Crippen LogP contribution in [0.25, 0.3) is 0 Å². The Morgan fingerprint density at radius 2 is 1.50 bits per heavy atom. The summed E-state index contributed by atoms with van der Waals surface area (Å²) in [5, 5.41) is 30.8. The van der Waals surface area contributed by atoms with Crippen LogP contribution >= 0.6 is 0 Å². The molecule has 11 heteroatoms. The first-order chi connectivity index (χ1) is 8.57. The van der Waals surface area contributed by atoms with E-state index in [-0.39, 0.29) is 35.6 Å². The molecule has 0 bridgehead atoms. The Morgan fingerprint density at radius 1 is 1.05 bits per heavy atom. The molecule has 0 rings (SSSR count). The maximum absolute atomic E-state index is 10.2. The number of carboxylic acids is 3. The first kappa shape index (κ1) is 23.2. The molecule has 108 valence electrons. The van der Waals surface area contributed by atoms with Crippen LogP contribution in [0.3, 0.4) is 0 Å². The summed E-state index contributed by atoms with van der Waals surface area (Å²) in [4.78, 5) is 40.8. The zero-order valence-corrected chi connectivity index (χ0v) is 12.2. The van der Waals surface area contributed by atoms with Gasteiger partial charge in [0, 0.05) is 13.5 Å². The van der Waals surface area contributed by atoms with Gasteiger partial charge in [0.25, 0.3) is 0 Å². The van der Waals surface area contributed by atoms with Crippen molar-refractivity contribution in [3.05, 3.63) is 0 Å². The Kier molecular flexibility index (Phi) is 14.1. The molecule has 0 unspecified atom stereocenters. The van der Waals surface area contributed by atoms with E-state index in [4.69, 9.17) is 26.5 Å². The molecule has 0 amide bonds. The normalized spacial score (nSPS) is 8.25. The van der Waals surface area contributed by atoms with E-state index in [0.717, 1.165) is 4.90 Å². The van der Waals surface area contributed by atoms with Crippen LogP contribution in [-0.2, 0) is 19.2 Å². The van der Waals surface area contributed by atoms with Gasteiger partial charge < -0.3 is 26.0 Å². The van der Waals surface area contributed by atoms with Gasteiger partial charge in [-0.3, -0.25) is 19.8 Å². The third-order valence-electron chi connectivity index (χ3n) is 1.59. The fourth-order valence-corrected chi connectivity index (χ4v) is 0.615. The van der Waals surface area contributed by atoms with Crippen LogP contribution in [0, 0.1) is 5.41 Å². The quantitative estimate of drug-likeness (QED) is 0.160. The van der Waals surface area contributed by atoms with Gasteiger partial charge in [0.05, 0.1) is 6.42 Å². The summed E-state index contributed by atoms with van der Waals surface area (Å²) in [6.45, 7) is -0.227. The monoisotopic (exact) mass is 301 g/mol. The van der Waals surface area contributed by atoms with Gasteiger partial charge in [-0.05, 0) is 0 Å². The molecule has 0 radical (unpaired) electrons. The second kappa shape index (κ2) is 12.2. The van der Waals surface area contributed by atoms with Gasteiger partial charge in [0.15, 0.2) is 5.96 Å². The molecule has 0 spiro atoms. The molecule has 0 aromatic heterocycles. The number of ketones is 1. The molecule has 0 aliphatic rings. The van der Waals surface area contributed by atoms with Crippen molar-refractivity contribution in [3.63, 3.8) is 0 Å². The Morgan fingerprint density at radius 3 is 1.70 bits per heavy atom. The topological polar surface area (TPSA) is 182 Å². The summed E-state index contributed by atoms with van der Waals surface area (Å²) in [7, 11) is 1.44. The van der Waals surface area contributed by atoms with E-state index in [0.29, 0.717) is 0 Å². The van der Waals surface area contributed by atoms with Gasteiger partial charge >= 0.3 is 41.0 Å². The van der Waals surface area contributed by atoms with Crippen molar-refractivity contribution in [2.45, 2.75) is 12.8 Å². The van der Waals surface area contributed by atoms with Gasteiger partial charge in [-0.15, -0.1) is 0 Å². The number of carboxylic acid groups (broad SMARTS) is 3. The summed E-state index contributed by atoms with van der Waals surface area (Å²) >= 11 is 0. The summed E-state index contributed by atoms with van der Waals surface area (Å²) in [5.41, 5.74) is 4.93. The first-order valence-electron chi connectivity index (χ1n) is 4.82. The third kappa shape index (κ3) is 16.1. The number of hydrogen-bond donors (Lipinski definition) is 5. The fraction of sp³-hybridized carbons (Fsp3) is 0.444. The molecule has 0 aliphatic carbocycles. The van der Waals surface area contributed by atoms with Gasteiger partial charge in [0.2, 0.25) is 5.78 Å². The zero-order valence-electron chi connectivity index (χ0n) is 10.8. The molecule has 0 fully saturated rings. The number of likely N-dealkylation sites (N-methyl/N-ethyl adjacent to an activating group) is 1. The second-order valence-corrected chi connectivity index (χ2v) is 3.26. The summed E-state index contributed by atoms with van der Waals surface area (Å²) < 4.78 is 0. The van der Waals surface area contributed by atoms with E-state index < -0.39 is 36.5 Å². The average Bonchev–Trinajstić information content (AvgIpc) is 2.25. The fourth-order valence-electron chi connectivity index (χ4n) is 0.615. The van der Waals surface area contributed by atoms with Gasteiger partial charge in [-0.1, -0.05) is 0 Å². The molecular weight excluding hydrogens is 286 g/mol. The number of Topliss-reactive ketones (excluding diaryl/α,β-unsaturated/α-hetero) is 1. The van der Waals surface area contributed by atoms with Crippen LogP contribution in [0.1, 0.15) is 12.8 Å². The van der Waals surface area contributed by atoms with E-state index in [2.05, 4.69) is 0 Å². The number of nitrogens with one attached hydrogen (secondary N) is 1. The molecule has 20 heavy (non-hydrogen) atoms. The molecule has 0 aliphatic heterocycles. The number of hydrogen-bond acceptors (Lipinski definition) is 5. The van der Waals surface area contributed by atoms with Gasteiger partial charge in [-0.25, -0.2) is 4.79 Å². The number of carbonyl (C=O) groups excluding carboxylic acids is 1. The number of guanidine groups is 1. The molecule has 0 aromatic carbocycles. The van der Waals surface area contributed by atoms with Crippen molar-refractivity contribution in [2.24, 2.45) is 5.73 Å². The maximum Gasteiger partial charge on any atom is 2.00 e. The minimum atomic E-state index is -1.58. The number of rotatable bonds is 6. The Balaban J connectivity index is -0.000000277. The van der Waals surface area contributed by atoms with E-state index in [1.54, 1.807) is 0 Å². The van der Waals surface area contributed by atoms with Crippen LogP contribution in [0.4, 0.5) is 0 Å². The van der Waals surface area contributed by atoms with Crippen LogP contribution < -0.4 is 5.73 Å². The van der Waals surface area contributed by atoms with E-state index in [1.165, 1.54) is 7.05 Å². The van der Waals surface area contributed by atoms with Gasteiger partial charge in [-0.2, -0.15) is 0 Å². The summed E-state index contributed by atoms with van der Waals surface area (Å²) in [5.74, 6) is -5.05. The zero-order chi connectivity index (χ0) is 15.6. The Hall–Kier alpha value is -1.88. The SMILES string of the molecule is CN(CC(=O)O)C(=N)N.O=C(O)CCC(=O)C(=O)O.[Mg+2]. The first-order valence-corrected chi connectivity index (χ1v) is 4.82. The van der Waals surface area contributed by atoms with Crippen LogP contribution in [-0.4, -0.2) is 86.5 Å². The van der Waals surface area contributed by atoms with Crippen molar-refractivity contribution in [3.8, 4) is 0 Å². The third-order valence-corrected chi connectivity index (χ3v) is 1.59. The largest absolute Gasteiger partial charge is 2.00 e. The van der Waals surface area contributed by atoms with Crippen LogP contribution in [0.5, 0.6) is 0 Å². The van der Waals surface area contributed by atoms with Crippen molar-refractivity contribution < 1.29 is 34.5 Å². The molecule has 0 heterocycles. The molecule has 6 N–H and O–H groups in total. The number of carbonyl (C=O) groups is 4. The minimum absolute atomic E-state index is 0. The molecule has 0 atom stereocenters.